The van der Waals surface area contributed by atoms with Crippen LogP contribution in [0.3, 0.4) is 0 Å². The summed E-state index contributed by atoms with van der Waals surface area (Å²) in [7, 11) is -4.78. The number of fused-ring (bicyclic) bond motifs is 4. The lowest BCUT2D eigenvalue weighted by atomic mass is 10.1. The molecular formula is C20H22F2N11O9PS2. The zero-order chi connectivity index (χ0) is 31.8. The first-order chi connectivity index (χ1) is 21.3. The SMILES string of the molecule is Nc1nc2c(ncn2[C@@H]2O[C@@H]3COP(O)(=S)O[C@H]4[C@@H](F)[C@H](n5cnc6c(N)ncnc65)O[C@@H]4CNS(=O)(=O)O[C@H]3[C@@H]2F)c(=O)[nH]1. The normalized spacial score (nSPS) is 35.5. The third-order valence-corrected chi connectivity index (χ3v) is 9.83. The maximum Gasteiger partial charge on any atom is 0.336 e. The fraction of sp³-hybridized carbons (Fsp3) is 0.500. The van der Waals surface area contributed by atoms with Gasteiger partial charge in [-0.25, -0.2) is 32.9 Å². The second-order valence-electron chi connectivity index (χ2n) is 10.1. The van der Waals surface area contributed by atoms with E-state index in [1.807, 2.05) is 0 Å². The van der Waals surface area contributed by atoms with Crippen molar-refractivity contribution in [3.05, 3.63) is 29.3 Å². The fourth-order valence-electron chi connectivity index (χ4n) is 5.28. The van der Waals surface area contributed by atoms with E-state index in [0.29, 0.717) is 0 Å². The van der Waals surface area contributed by atoms with Crippen molar-refractivity contribution in [2.45, 2.75) is 49.2 Å². The van der Waals surface area contributed by atoms with Crippen LogP contribution in [0.25, 0.3) is 22.3 Å². The molecule has 3 fully saturated rings. The van der Waals surface area contributed by atoms with Gasteiger partial charge in [-0.3, -0.25) is 23.4 Å². The number of nitrogens with one attached hydrogen (secondary N) is 2. The predicted molar refractivity (Wildman–Crippen MR) is 149 cm³/mol. The van der Waals surface area contributed by atoms with Gasteiger partial charge in [0, 0.05) is 6.54 Å². The minimum Gasteiger partial charge on any atom is -0.382 e. The van der Waals surface area contributed by atoms with Crippen LogP contribution in [0.15, 0.2) is 23.8 Å². The Bertz CT molecular complexity index is 2010. The molecule has 0 spiro atoms. The highest BCUT2D eigenvalue weighted by Gasteiger charge is 2.53. The summed E-state index contributed by atoms with van der Waals surface area (Å²) in [6.07, 6.45) is -10.5. The Kier molecular flexibility index (Phi) is 7.34. The van der Waals surface area contributed by atoms with Crippen LogP contribution in [0.1, 0.15) is 12.5 Å². The Morgan fingerprint density at radius 2 is 1.67 bits per heavy atom. The van der Waals surface area contributed by atoms with Crippen LogP contribution < -0.4 is 21.7 Å². The first-order valence-corrected chi connectivity index (χ1v) is 16.9. The molecule has 9 atom stereocenters. The average molecular weight is 694 g/mol. The van der Waals surface area contributed by atoms with Gasteiger partial charge in [0.05, 0.1) is 19.3 Å². The average Bonchev–Trinajstić information content (AvgIpc) is 3.72. The van der Waals surface area contributed by atoms with E-state index in [-0.39, 0.29) is 34.1 Å². The molecule has 7 N–H and O–H groups in total. The quantitative estimate of drug-likeness (QED) is 0.149. The van der Waals surface area contributed by atoms with Gasteiger partial charge in [0.15, 0.2) is 47.4 Å². The smallest absolute Gasteiger partial charge is 0.336 e. The van der Waals surface area contributed by atoms with Gasteiger partial charge in [-0.15, -0.1) is 0 Å². The molecule has 20 nitrogen and oxygen atoms in total. The number of rotatable bonds is 2. The van der Waals surface area contributed by atoms with Gasteiger partial charge in [-0.2, -0.15) is 18.1 Å². The predicted octanol–water partition coefficient (Wildman–Crippen LogP) is -1.55. The second kappa shape index (κ2) is 10.9. The summed E-state index contributed by atoms with van der Waals surface area (Å²) in [5, 5.41) is 0. The van der Waals surface area contributed by atoms with Crippen molar-refractivity contribution in [1.29, 1.82) is 0 Å². The zero-order valence-electron chi connectivity index (χ0n) is 22.3. The summed E-state index contributed by atoms with van der Waals surface area (Å²) in [5.41, 5.74) is 10.6. The van der Waals surface area contributed by atoms with E-state index in [4.69, 9.17) is 46.0 Å². The van der Waals surface area contributed by atoms with Crippen LogP contribution in [0.4, 0.5) is 20.5 Å². The molecule has 3 aliphatic rings. The number of halogens is 2. The molecule has 7 rings (SSSR count). The number of imidazole rings is 2. The van der Waals surface area contributed by atoms with Crippen molar-refractivity contribution in [2.75, 3.05) is 24.6 Å². The maximum absolute atomic E-state index is 15.9. The third-order valence-electron chi connectivity index (χ3n) is 7.28. The highest BCUT2D eigenvalue weighted by molar-refractivity contribution is 8.07. The van der Waals surface area contributed by atoms with Crippen molar-refractivity contribution in [3.8, 4) is 0 Å². The van der Waals surface area contributed by atoms with Gasteiger partial charge >= 0.3 is 17.0 Å². The summed E-state index contributed by atoms with van der Waals surface area (Å²) < 4.78 is 89.7. The van der Waals surface area contributed by atoms with Gasteiger partial charge in [-0.05, 0) is 11.8 Å². The Morgan fingerprint density at radius 1 is 1.00 bits per heavy atom. The molecule has 1 unspecified atom stereocenters. The summed E-state index contributed by atoms with van der Waals surface area (Å²) in [5.74, 6) is -0.269. The number of alkyl halides is 2. The number of hydrogen-bond acceptors (Lipinski definition) is 16. The largest absolute Gasteiger partial charge is 0.382 e. The number of nitrogens with zero attached hydrogens (tertiary/aromatic N) is 7. The Balaban J connectivity index is 1.17. The van der Waals surface area contributed by atoms with Crippen molar-refractivity contribution in [1.82, 2.24) is 43.8 Å². The highest BCUT2D eigenvalue weighted by Crippen LogP contribution is 2.51. The lowest BCUT2D eigenvalue weighted by molar-refractivity contribution is -0.0454. The van der Waals surface area contributed by atoms with E-state index < -0.39 is 84.9 Å². The van der Waals surface area contributed by atoms with Crippen LogP contribution in [0.2, 0.25) is 0 Å². The molecule has 3 saturated heterocycles. The molecule has 4 aromatic rings. The molecule has 25 heteroatoms. The van der Waals surface area contributed by atoms with E-state index in [1.165, 1.54) is 10.9 Å². The lowest BCUT2D eigenvalue weighted by Crippen LogP contribution is -2.45. The minimum absolute atomic E-state index is 0.0236. The molecule has 3 aliphatic heterocycles. The van der Waals surface area contributed by atoms with E-state index in [0.717, 1.165) is 17.2 Å². The van der Waals surface area contributed by atoms with Crippen LogP contribution in [-0.2, 0) is 44.8 Å². The molecule has 242 valence electrons. The summed E-state index contributed by atoms with van der Waals surface area (Å²) in [4.78, 5) is 45.1. The molecule has 0 radical (unpaired) electrons. The van der Waals surface area contributed by atoms with E-state index in [1.54, 1.807) is 0 Å². The Hall–Kier alpha value is -3.32. The Morgan fingerprint density at radius 3 is 2.42 bits per heavy atom. The molecule has 0 amide bonds. The fourth-order valence-corrected chi connectivity index (χ4v) is 7.67. The van der Waals surface area contributed by atoms with Gasteiger partial charge in [0.25, 0.3) is 5.56 Å². The molecule has 0 aliphatic carbocycles. The molecular weight excluding hydrogens is 671 g/mol. The lowest BCUT2D eigenvalue weighted by Gasteiger charge is -2.27. The van der Waals surface area contributed by atoms with E-state index in [2.05, 4.69) is 34.6 Å². The van der Waals surface area contributed by atoms with E-state index in [9.17, 15) is 18.1 Å². The standard InChI is InChI=1S/C20H22F2N11O9PS2/c21-8-12-6(39-18(8)32-4-27-10-14(23)25-3-26-15(10)32)1-29-45(36,37)42-13-7(2-38-43(35,44)41-12)40-19(9(13)22)33-5-28-11-16(33)30-20(24)31-17(11)34/h3-9,12-13,18-19,29H,1-2H2,(H,35,44)(H2,23,25,26)(H3,24,30,31,34)/t6-,7-,8-,9+,12-,13-,18-,19-,43?/m1/s1. The van der Waals surface area contributed by atoms with Crippen molar-refractivity contribution in [2.24, 2.45) is 0 Å². The highest BCUT2D eigenvalue weighted by atomic mass is 32.5. The molecule has 0 bridgehead atoms. The number of anilines is 2. The first-order valence-electron chi connectivity index (χ1n) is 12.9. The summed E-state index contributed by atoms with van der Waals surface area (Å²) in [6, 6.07) is 0. The molecule has 7 heterocycles. The van der Waals surface area contributed by atoms with Gasteiger partial charge in [-0.1, -0.05) is 0 Å². The topological polar surface area (TPSA) is 272 Å². The number of ether oxygens (including phenoxy) is 2. The number of hydrogen-bond donors (Lipinski definition) is 5. The van der Waals surface area contributed by atoms with Crippen molar-refractivity contribution >= 4 is 62.9 Å². The van der Waals surface area contributed by atoms with Crippen LogP contribution >= 0.6 is 6.72 Å². The number of nitrogen functional groups attached to an aromatic ring is 2. The zero-order valence-corrected chi connectivity index (χ0v) is 24.8. The summed E-state index contributed by atoms with van der Waals surface area (Å²) >= 11 is 5.11. The van der Waals surface area contributed by atoms with Gasteiger partial charge in [0.1, 0.15) is 36.3 Å². The van der Waals surface area contributed by atoms with Crippen molar-refractivity contribution in [3.63, 3.8) is 0 Å². The third kappa shape index (κ3) is 5.35. The number of nitrogens with two attached hydrogens (primary N) is 2. The van der Waals surface area contributed by atoms with Crippen LogP contribution in [-0.4, -0.2) is 102 Å². The number of aromatic nitrogens is 8. The van der Waals surface area contributed by atoms with E-state index >= 15 is 8.78 Å². The molecule has 4 aromatic heterocycles. The maximum atomic E-state index is 15.9. The monoisotopic (exact) mass is 693 g/mol. The first kappa shape index (κ1) is 30.3. The molecule has 45 heavy (non-hydrogen) atoms. The second-order valence-corrected chi connectivity index (χ2v) is 14.3. The number of aromatic amines is 1. The van der Waals surface area contributed by atoms with Gasteiger partial charge < -0.3 is 30.4 Å². The number of H-pyrrole nitrogens is 1. The molecule has 0 saturated carbocycles. The van der Waals surface area contributed by atoms with Gasteiger partial charge in [0.2, 0.25) is 5.95 Å². The molecule has 0 aromatic carbocycles. The minimum atomic E-state index is -4.78. The van der Waals surface area contributed by atoms with Crippen LogP contribution in [0.5, 0.6) is 0 Å². The Labute approximate surface area is 254 Å². The van der Waals surface area contributed by atoms with Crippen LogP contribution in [0, 0.1) is 0 Å². The summed E-state index contributed by atoms with van der Waals surface area (Å²) in [6.45, 7) is -5.75. The van der Waals surface area contributed by atoms with Crippen molar-refractivity contribution < 1.29 is 44.8 Å².